The molecule has 1 saturated carbocycles. The first-order chi connectivity index (χ1) is 6.69. The van der Waals surface area contributed by atoms with Crippen molar-refractivity contribution in [3.63, 3.8) is 0 Å². The van der Waals surface area contributed by atoms with Crippen LogP contribution in [-0.2, 0) is 10.2 Å². The van der Waals surface area contributed by atoms with E-state index in [0.29, 0.717) is 0 Å². The van der Waals surface area contributed by atoms with E-state index in [1.807, 2.05) is 24.3 Å². The molecule has 0 aromatic heterocycles. The smallest absolute Gasteiger partial charge is 0.140 e. The highest BCUT2D eigenvalue weighted by Gasteiger charge is 2.48. The molecule has 0 spiro atoms. The Hall–Kier alpha value is -1.55. The number of rotatable bonds is 2. The van der Waals surface area contributed by atoms with E-state index in [0.717, 1.165) is 24.0 Å². The van der Waals surface area contributed by atoms with Crippen LogP contribution in [0.4, 0.5) is 0 Å². The Labute approximate surface area is 84.1 Å². The van der Waals surface area contributed by atoms with Gasteiger partial charge in [-0.25, -0.2) is 0 Å². The van der Waals surface area contributed by atoms with Gasteiger partial charge in [0.1, 0.15) is 5.78 Å². The molecule has 1 fully saturated rings. The van der Waals surface area contributed by atoms with Gasteiger partial charge in [-0.15, -0.1) is 6.42 Å². The topological polar surface area (TPSA) is 17.1 Å². The maximum absolute atomic E-state index is 11.5. The van der Waals surface area contributed by atoms with Gasteiger partial charge in [-0.2, -0.15) is 0 Å². The highest BCUT2D eigenvalue weighted by molar-refractivity contribution is 5.91. The first-order valence-corrected chi connectivity index (χ1v) is 4.77. The fourth-order valence-corrected chi connectivity index (χ4v) is 1.88. The van der Waals surface area contributed by atoms with E-state index in [-0.39, 0.29) is 11.2 Å². The third-order valence-corrected chi connectivity index (χ3v) is 3.01. The SMILES string of the molecule is C#Cc1cccc(C2(C(C)=O)CC2)c1. The number of carbonyl (C=O) groups excluding carboxylic acids is 1. The van der Waals surface area contributed by atoms with E-state index in [2.05, 4.69) is 5.92 Å². The Morgan fingerprint density at radius 2 is 2.21 bits per heavy atom. The number of hydrogen-bond donors (Lipinski definition) is 0. The summed E-state index contributed by atoms with van der Waals surface area (Å²) >= 11 is 0. The summed E-state index contributed by atoms with van der Waals surface area (Å²) in [6.45, 7) is 1.66. The highest BCUT2D eigenvalue weighted by Crippen LogP contribution is 2.48. The van der Waals surface area contributed by atoms with Gasteiger partial charge >= 0.3 is 0 Å². The molecular weight excluding hydrogens is 172 g/mol. The Morgan fingerprint density at radius 3 is 2.71 bits per heavy atom. The standard InChI is InChI=1S/C13H12O/c1-3-11-5-4-6-12(9-11)13(7-8-13)10(2)14/h1,4-6,9H,7-8H2,2H3. The molecular formula is C13H12O. The minimum atomic E-state index is -0.202. The van der Waals surface area contributed by atoms with Crippen LogP contribution in [0.15, 0.2) is 24.3 Å². The molecule has 0 amide bonds. The van der Waals surface area contributed by atoms with E-state index in [9.17, 15) is 4.79 Å². The molecule has 1 aromatic carbocycles. The lowest BCUT2D eigenvalue weighted by atomic mass is 9.91. The minimum Gasteiger partial charge on any atom is -0.299 e. The molecule has 1 heteroatoms. The van der Waals surface area contributed by atoms with Crippen molar-refractivity contribution in [3.05, 3.63) is 35.4 Å². The lowest BCUT2D eigenvalue weighted by Crippen LogP contribution is -2.16. The molecule has 70 valence electrons. The number of carbonyl (C=O) groups is 1. The average molecular weight is 184 g/mol. The molecule has 1 aliphatic rings. The highest BCUT2D eigenvalue weighted by atomic mass is 16.1. The average Bonchev–Trinajstić information content (AvgIpc) is 2.98. The second-order valence-electron chi connectivity index (χ2n) is 3.86. The monoisotopic (exact) mass is 184 g/mol. The van der Waals surface area contributed by atoms with Crippen LogP contribution in [0.1, 0.15) is 30.9 Å². The van der Waals surface area contributed by atoms with Crippen molar-refractivity contribution >= 4 is 5.78 Å². The summed E-state index contributed by atoms with van der Waals surface area (Å²) in [5.41, 5.74) is 1.74. The summed E-state index contributed by atoms with van der Waals surface area (Å²) in [7, 11) is 0. The Bertz CT molecular complexity index is 419. The molecule has 1 aliphatic carbocycles. The van der Waals surface area contributed by atoms with E-state index < -0.39 is 0 Å². The molecule has 0 N–H and O–H groups in total. The van der Waals surface area contributed by atoms with Crippen LogP contribution in [0.5, 0.6) is 0 Å². The lowest BCUT2D eigenvalue weighted by Gasteiger charge is -2.11. The Kier molecular flexibility index (Phi) is 1.93. The minimum absolute atomic E-state index is 0.202. The van der Waals surface area contributed by atoms with Crippen LogP contribution in [-0.4, -0.2) is 5.78 Å². The number of terminal acetylenes is 1. The number of hydrogen-bond acceptors (Lipinski definition) is 1. The zero-order chi connectivity index (χ0) is 10.2. The molecule has 1 nitrogen and oxygen atoms in total. The van der Waals surface area contributed by atoms with Gasteiger partial charge in [0.2, 0.25) is 0 Å². The molecule has 0 aliphatic heterocycles. The van der Waals surface area contributed by atoms with Crippen LogP contribution < -0.4 is 0 Å². The first-order valence-electron chi connectivity index (χ1n) is 4.77. The maximum atomic E-state index is 11.5. The van der Waals surface area contributed by atoms with Crippen molar-refractivity contribution in [3.8, 4) is 12.3 Å². The summed E-state index contributed by atoms with van der Waals surface area (Å²) < 4.78 is 0. The van der Waals surface area contributed by atoms with Crippen molar-refractivity contribution in [1.82, 2.24) is 0 Å². The molecule has 0 bridgehead atoms. The third kappa shape index (κ3) is 1.24. The number of benzene rings is 1. The van der Waals surface area contributed by atoms with Crippen molar-refractivity contribution in [2.45, 2.75) is 25.2 Å². The molecule has 0 atom stereocenters. The maximum Gasteiger partial charge on any atom is 0.140 e. The molecule has 2 rings (SSSR count). The fourth-order valence-electron chi connectivity index (χ4n) is 1.88. The summed E-state index contributed by atoms with van der Waals surface area (Å²) in [6.07, 6.45) is 7.26. The Balaban J connectivity index is 2.43. The lowest BCUT2D eigenvalue weighted by molar-refractivity contribution is -0.119. The van der Waals surface area contributed by atoms with E-state index >= 15 is 0 Å². The summed E-state index contributed by atoms with van der Waals surface area (Å²) in [5, 5.41) is 0. The van der Waals surface area contributed by atoms with E-state index in [1.54, 1.807) is 6.92 Å². The van der Waals surface area contributed by atoms with E-state index in [1.165, 1.54) is 0 Å². The van der Waals surface area contributed by atoms with Gasteiger partial charge in [0, 0.05) is 5.56 Å². The van der Waals surface area contributed by atoms with Gasteiger partial charge in [0.05, 0.1) is 5.41 Å². The quantitative estimate of drug-likeness (QED) is 0.644. The van der Waals surface area contributed by atoms with Crippen LogP contribution in [0, 0.1) is 12.3 Å². The van der Waals surface area contributed by atoms with E-state index in [4.69, 9.17) is 6.42 Å². The predicted molar refractivity (Wildman–Crippen MR) is 56.0 cm³/mol. The van der Waals surface area contributed by atoms with Gasteiger partial charge in [0.25, 0.3) is 0 Å². The Morgan fingerprint density at radius 1 is 1.50 bits per heavy atom. The molecule has 14 heavy (non-hydrogen) atoms. The molecule has 0 unspecified atom stereocenters. The second-order valence-corrected chi connectivity index (χ2v) is 3.86. The zero-order valence-corrected chi connectivity index (χ0v) is 8.21. The van der Waals surface area contributed by atoms with Crippen LogP contribution in [0.25, 0.3) is 0 Å². The van der Waals surface area contributed by atoms with Gasteiger partial charge < -0.3 is 0 Å². The molecule has 0 saturated heterocycles. The van der Waals surface area contributed by atoms with Crippen LogP contribution >= 0.6 is 0 Å². The van der Waals surface area contributed by atoms with Crippen LogP contribution in [0.2, 0.25) is 0 Å². The van der Waals surface area contributed by atoms with Gasteiger partial charge in [-0.3, -0.25) is 4.79 Å². The third-order valence-electron chi connectivity index (χ3n) is 3.01. The first kappa shape index (κ1) is 9.02. The van der Waals surface area contributed by atoms with Crippen molar-refractivity contribution in [2.24, 2.45) is 0 Å². The van der Waals surface area contributed by atoms with Crippen molar-refractivity contribution in [2.75, 3.05) is 0 Å². The molecule has 0 heterocycles. The fraction of sp³-hybridized carbons (Fsp3) is 0.308. The zero-order valence-electron chi connectivity index (χ0n) is 8.21. The summed E-state index contributed by atoms with van der Waals surface area (Å²) in [5.74, 6) is 2.85. The predicted octanol–water partition coefficient (Wildman–Crippen LogP) is 2.29. The molecule has 1 aromatic rings. The largest absolute Gasteiger partial charge is 0.299 e. The molecule has 0 radical (unpaired) electrons. The van der Waals surface area contributed by atoms with Crippen molar-refractivity contribution in [1.29, 1.82) is 0 Å². The number of Topliss-reactive ketones (excluding diaryl/α,β-unsaturated/α-hetero) is 1. The second kappa shape index (κ2) is 2.99. The van der Waals surface area contributed by atoms with Gasteiger partial charge in [0.15, 0.2) is 0 Å². The summed E-state index contributed by atoms with van der Waals surface area (Å²) in [6, 6.07) is 7.76. The van der Waals surface area contributed by atoms with Crippen molar-refractivity contribution < 1.29 is 4.79 Å². The number of ketones is 1. The summed E-state index contributed by atoms with van der Waals surface area (Å²) in [4.78, 5) is 11.5. The van der Waals surface area contributed by atoms with Crippen LogP contribution in [0.3, 0.4) is 0 Å². The van der Waals surface area contributed by atoms with Gasteiger partial charge in [-0.05, 0) is 37.5 Å². The van der Waals surface area contributed by atoms with Gasteiger partial charge in [-0.1, -0.05) is 18.1 Å². The normalized spacial score (nSPS) is 17.1.